The molecule has 0 aromatic carbocycles. The number of ether oxygens (including phenoxy) is 1. The molecule has 2 saturated heterocycles. The zero-order valence-corrected chi connectivity index (χ0v) is 13.5. The van der Waals surface area contributed by atoms with Gasteiger partial charge in [0.2, 0.25) is 10.0 Å². The van der Waals surface area contributed by atoms with Crippen LogP contribution in [0.1, 0.15) is 22.5 Å². The van der Waals surface area contributed by atoms with Gasteiger partial charge in [-0.1, -0.05) is 0 Å². The van der Waals surface area contributed by atoms with Crippen molar-refractivity contribution in [3.05, 3.63) is 23.7 Å². The maximum atomic E-state index is 12.6. The summed E-state index contributed by atoms with van der Waals surface area (Å²) < 4.78 is 36.2. The van der Waals surface area contributed by atoms with Crippen molar-refractivity contribution in [3.63, 3.8) is 0 Å². The van der Waals surface area contributed by atoms with E-state index in [1.54, 1.807) is 17.9 Å². The van der Waals surface area contributed by atoms with Crippen molar-refractivity contribution in [1.29, 1.82) is 0 Å². The number of hydrogen-bond acceptors (Lipinski definition) is 5. The van der Waals surface area contributed by atoms with Gasteiger partial charge >= 0.3 is 0 Å². The highest BCUT2D eigenvalue weighted by atomic mass is 32.2. The Morgan fingerprint density at radius 1 is 1.36 bits per heavy atom. The Balaban J connectivity index is 1.80. The number of sulfonamides is 1. The van der Waals surface area contributed by atoms with Gasteiger partial charge in [-0.05, 0) is 19.4 Å². The molecule has 2 aliphatic heterocycles. The van der Waals surface area contributed by atoms with E-state index in [0.29, 0.717) is 44.0 Å². The second kappa shape index (κ2) is 5.68. The van der Waals surface area contributed by atoms with Gasteiger partial charge in [0.1, 0.15) is 5.76 Å². The Bertz CT molecular complexity index is 669. The van der Waals surface area contributed by atoms with E-state index in [9.17, 15) is 13.2 Å². The Morgan fingerprint density at radius 3 is 2.77 bits per heavy atom. The fourth-order valence-corrected chi connectivity index (χ4v) is 4.31. The summed E-state index contributed by atoms with van der Waals surface area (Å²) in [5.74, 6) is 0.454. The maximum absolute atomic E-state index is 12.6. The van der Waals surface area contributed by atoms with Crippen LogP contribution in [0.4, 0.5) is 0 Å². The minimum Gasteiger partial charge on any atom is -0.469 e. The molecule has 1 aromatic rings. The predicted octanol–water partition coefficient (Wildman–Crippen LogP) is 0.463. The van der Waals surface area contributed by atoms with Gasteiger partial charge in [-0.2, -0.15) is 4.31 Å². The molecule has 0 bridgehead atoms. The SMILES string of the molecule is Cc1occc1C(=O)N1CC[C@H]2OCCN(S(C)(=O)=O)[C@@H]2C1. The third-order valence-electron chi connectivity index (χ3n) is 4.34. The molecule has 2 aliphatic rings. The van der Waals surface area contributed by atoms with E-state index in [4.69, 9.17) is 9.15 Å². The summed E-state index contributed by atoms with van der Waals surface area (Å²) in [4.78, 5) is 14.3. The molecule has 122 valence electrons. The summed E-state index contributed by atoms with van der Waals surface area (Å²) >= 11 is 0. The fraction of sp³-hybridized carbons (Fsp3) is 0.643. The van der Waals surface area contributed by atoms with Crippen LogP contribution in [0.2, 0.25) is 0 Å². The van der Waals surface area contributed by atoms with Gasteiger partial charge in [0, 0.05) is 19.6 Å². The number of hydrogen-bond donors (Lipinski definition) is 0. The quantitative estimate of drug-likeness (QED) is 0.788. The monoisotopic (exact) mass is 328 g/mol. The number of carbonyl (C=O) groups is 1. The number of carbonyl (C=O) groups excluding carboxylic acids is 1. The summed E-state index contributed by atoms with van der Waals surface area (Å²) in [6.07, 6.45) is 3.19. The minimum absolute atomic E-state index is 0.122. The van der Waals surface area contributed by atoms with E-state index in [2.05, 4.69) is 0 Å². The molecule has 22 heavy (non-hydrogen) atoms. The molecule has 3 rings (SSSR count). The number of nitrogens with zero attached hydrogens (tertiary/aromatic N) is 2. The van der Waals surface area contributed by atoms with Crippen molar-refractivity contribution in [3.8, 4) is 0 Å². The molecule has 3 heterocycles. The molecular weight excluding hydrogens is 308 g/mol. The summed E-state index contributed by atoms with van der Waals surface area (Å²) in [5, 5.41) is 0. The lowest BCUT2D eigenvalue weighted by atomic mass is 10.00. The Labute approximate surface area is 129 Å². The third kappa shape index (κ3) is 2.78. The van der Waals surface area contributed by atoms with Crippen LogP contribution in [0.3, 0.4) is 0 Å². The first-order valence-corrected chi connectivity index (χ1v) is 9.14. The Hall–Kier alpha value is -1.38. The van der Waals surface area contributed by atoms with Gasteiger partial charge < -0.3 is 14.1 Å². The van der Waals surface area contributed by atoms with Crippen molar-refractivity contribution >= 4 is 15.9 Å². The first-order chi connectivity index (χ1) is 10.4. The van der Waals surface area contributed by atoms with Crippen LogP contribution < -0.4 is 0 Å². The summed E-state index contributed by atoms with van der Waals surface area (Å²) in [6, 6.07) is 1.34. The molecule has 0 spiro atoms. The number of morpholine rings is 1. The van der Waals surface area contributed by atoms with Crippen LogP contribution in [0.5, 0.6) is 0 Å². The van der Waals surface area contributed by atoms with Crippen LogP contribution in [-0.2, 0) is 14.8 Å². The first kappa shape index (κ1) is 15.5. The Kier molecular flexibility index (Phi) is 4.00. The highest BCUT2D eigenvalue weighted by Gasteiger charge is 2.42. The fourth-order valence-electron chi connectivity index (χ4n) is 3.21. The molecule has 0 saturated carbocycles. The molecular formula is C14H20N2O5S. The maximum Gasteiger partial charge on any atom is 0.257 e. The summed E-state index contributed by atoms with van der Waals surface area (Å²) in [5.41, 5.74) is 0.529. The van der Waals surface area contributed by atoms with Crippen molar-refractivity contribution in [1.82, 2.24) is 9.21 Å². The van der Waals surface area contributed by atoms with E-state index >= 15 is 0 Å². The molecule has 1 amide bonds. The van der Waals surface area contributed by atoms with Crippen molar-refractivity contribution in [2.75, 3.05) is 32.5 Å². The summed E-state index contributed by atoms with van der Waals surface area (Å²) in [7, 11) is -3.31. The molecule has 2 atom stereocenters. The average Bonchev–Trinajstić information content (AvgIpc) is 2.90. The first-order valence-electron chi connectivity index (χ1n) is 7.29. The van der Waals surface area contributed by atoms with Crippen molar-refractivity contribution in [2.45, 2.75) is 25.5 Å². The molecule has 0 aliphatic carbocycles. The van der Waals surface area contributed by atoms with Crippen LogP contribution in [0.25, 0.3) is 0 Å². The topological polar surface area (TPSA) is 80.1 Å². The van der Waals surface area contributed by atoms with E-state index in [-0.39, 0.29) is 18.1 Å². The number of rotatable bonds is 2. The standard InChI is InChI=1S/C14H20N2O5S/c1-10-11(4-7-20-10)14(17)15-5-3-13-12(9-15)16(6-8-21-13)22(2,18)19/h4,7,12-13H,3,5-6,8-9H2,1-2H3/t12-,13-/m1/s1. The van der Waals surface area contributed by atoms with Gasteiger partial charge in [0.15, 0.2) is 0 Å². The van der Waals surface area contributed by atoms with Gasteiger partial charge in [0.05, 0.1) is 36.8 Å². The van der Waals surface area contributed by atoms with Crippen molar-refractivity contribution in [2.24, 2.45) is 0 Å². The second-order valence-electron chi connectivity index (χ2n) is 5.78. The van der Waals surface area contributed by atoms with Gasteiger partial charge in [-0.3, -0.25) is 4.79 Å². The van der Waals surface area contributed by atoms with Gasteiger partial charge in [-0.25, -0.2) is 8.42 Å². The number of furan rings is 1. The largest absolute Gasteiger partial charge is 0.469 e. The smallest absolute Gasteiger partial charge is 0.257 e. The lowest BCUT2D eigenvalue weighted by molar-refractivity contribution is -0.0704. The molecule has 7 nitrogen and oxygen atoms in total. The van der Waals surface area contributed by atoms with Crippen LogP contribution >= 0.6 is 0 Å². The predicted molar refractivity (Wildman–Crippen MR) is 79.0 cm³/mol. The molecule has 0 N–H and O–H groups in total. The highest BCUT2D eigenvalue weighted by Crippen LogP contribution is 2.26. The van der Waals surface area contributed by atoms with Crippen molar-refractivity contribution < 1.29 is 22.4 Å². The molecule has 8 heteroatoms. The van der Waals surface area contributed by atoms with Crippen LogP contribution in [-0.4, -0.2) is 68.2 Å². The number of likely N-dealkylation sites (tertiary alicyclic amines) is 1. The minimum atomic E-state index is -3.31. The Morgan fingerprint density at radius 2 is 2.14 bits per heavy atom. The van der Waals surface area contributed by atoms with E-state index in [1.807, 2.05) is 0 Å². The van der Waals surface area contributed by atoms with Crippen LogP contribution in [0, 0.1) is 6.92 Å². The molecule has 2 fully saturated rings. The zero-order valence-electron chi connectivity index (χ0n) is 12.7. The van der Waals surface area contributed by atoms with Crippen LogP contribution in [0.15, 0.2) is 16.7 Å². The lowest BCUT2D eigenvalue weighted by Gasteiger charge is -2.45. The normalized spacial score (nSPS) is 26.7. The lowest BCUT2D eigenvalue weighted by Crippen LogP contribution is -2.61. The number of aryl methyl sites for hydroxylation is 1. The number of amides is 1. The molecule has 0 unspecified atom stereocenters. The molecule has 1 aromatic heterocycles. The molecule has 0 radical (unpaired) electrons. The van der Waals surface area contributed by atoms with Gasteiger partial charge in [-0.15, -0.1) is 0 Å². The number of fused-ring (bicyclic) bond motifs is 1. The average molecular weight is 328 g/mol. The van der Waals surface area contributed by atoms with Gasteiger partial charge in [0.25, 0.3) is 5.91 Å². The van der Waals surface area contributed by atoms with E-state index < -0.39 is 10.0 Å². The third-order valence-corrected chi connectivity index (χ3v) is 5.64. The van der Waals surface area contributed by atoms with E-state index in [0.717, 1.165) is 0 Å². The zero-order chi connectivity index (χ0) is 15.9. The summed E-state index contributed by atoms with van der Waals surface area (Å²) in [6.45, 7) is 3.39. The highest BCUT2D eigenvalue weighted by molar-refractivity contribution is 7.88. The second-order valence-corrected chi connectivity index (χ2v) is 7.72. The number of piperidine rings is 1. The van der Waals surface area contributed by atoms with E-state index in [1.165, 1.54) is 16.8 Å².